The minimum absolute atomic E-state index is 0.0000176. The molecule has 15 rings (SSSR count). The third-order valence-electron chi connectivity index (χ3n) is 23.3. The van der Waals surface area contributed by atoms with Gasteiger partial charge in [-0.1, -0.05) is 219 Å². The lowest BCUT2D eigenvalue weighted by molar-refractivity contribution is 0.245. The Hall–Kier alpha value is -7.56. The van der Waals surface area contributed by atoms with Crippen LogP contribution in [0.15, 0.2) is 182 Å². The van der Waals surface area contributed by atoms with Crippen molar-refractivity contribution >= 4 is 68.6 Å². The fourth-order valence-corrected chi connectivity index (χ4v) is 17.4. The molecule has 0 amide bonds. The maximum atomic E-state index is 2.79. The average molecular weight is 1150 g/mol. The van der Waals surface area contributed by atoms with E-state index < -0.39 is 5.54 Å². The first kappa shape index (κ1) is 56.9. The molecule has 0 spiro atoms. The Morgan fingerprint density at radius 1 is 0.352 bits per heavy atom. The molecule has 3 aliphatic carbocycles. The van der Waals surface area contributed by atoms with Crippen LogP contribution in [0.1, 0.15) is 193 Å². The molecular weight excluding hydrogens is 1060 g/mol. The van der Waals surface area contributed by atoms with E-state index in [1.807, 2.05) is 0 Å². The summed E-state index contributed by atoms with van der Waals surface area (Å²) >= 11 is 0. The Morgan fingerprint density at radius 3 is 1.57 bits per heavy atom. The Morgan fingerprint density at radius 2 is 0.909 bits per heavy atom. The molecule has 0 radical (unpaired) electrons. The van der Waals surface area contributed by atoms with E-state index in [0.717, 1.165) is 32.1 Å². The monoisotopic (exact) mass is 1150 g/mol. The Balaban J connectivity index is 1.07. The van der Waals surface area contributed by atoms with Crippen LogP contribution in [0.2, 0.25) is 0 Å². The van der Waals surface area contributed by atoms with Crippen LogP contribution in [0.4, 0.5) is 45.5 Å². The Bertz CT molecular complexity index is 4360. The number of rotatable bonds is 5. The average Bonchev–Trinajstić information content (AvgIpc) is 1.52. The highest BCUT2D eigenvalue weighted by molar-refractivity contribution is 7.00. The van der Waals surface area contributed by atoms with Gasteiger partial charge in [0.15, 0.2) is 0 Å². The summed E-state index contributed by atoms with van der Waals surface area (Å²) in [5.74, 6) is 0. The van der Waals surface area contributed by atoms with Gasteiger partial charge in [0.1, 0.15) is 0 Å². The first-order valence-electron chi connectivity index (χ1n) is 33.2. The second-order valence-corrected chi connectivity index (χ2v) is 32.6. The normalized spacial score (nSPS) is 21.3. The van der Waals surface area contributed by atoms with Crippen molar-refractivity contribution in [2.24, 2.45) is 0 Å². The largest absolute Gasteiger partial charge is 0.330 e. The van der Waals surface area contributed by atoms with Crippen molar-refractivity contribution in [2.75, 3.05) is 14.7 Å². The SMILES string of the molecule is CC(C)(C)c1ccc(N2c3cc(N4c5ccc(-c6ccccc6)cc5C5(C)CCc6ccccc6C45C)ccc3B3c4cc5c(cc4N(c4ccc6c(c4)C(C)(C)CCC6(C)C)c4cc(C(C)(C)C)cc2c43)C(C)(C)CCC5(C)C)c(-c2ccccc2)c1. The van der Waals surface area contributed by atoms with Gasteiger partial charge in [-0.3, -0.25) is 0 Å². The van der Waals surface area contributed by atoms with Crippen molar-refractivity contribution < 1.29 is 0 Å². The van der Waals surface area contributed by atoms with E-state index in [4.69, 9.17) is 0 Å². The van der Waals surface area contributed by atoms with E-state index in [1.165, 1.54) is 141 Å². The maximum Gasteiger partial charge on any atom is 0.252 e. The van der Waals surface area contributed by atoms with E-state index in [2.05, 4.69) is 307 Å². The zero-order valence-electron chi connectivity index (χ0n) is 55.5. The topological polar surface area (TPSA) is 9.72 Å². The molecular formula is C84H90BN3. The maximum absolute atomic E-state index is 2.79. The number of aryl methyl sites for hydroxylation is 1. The molecule has 0 fully saturated rings. The second-order valence-electron chi connectivity index (χ2n) is 32.6. The molecule has 3 heterocycles. The van der Waals surface area contributed by atoms with Crippen LogP contribution < -0.4 is 31.1 Å². The van der Waals surface area contributed by atoms with Crippen LogP contribution in [-0.2, 0) is 49.9 Å². The van der Waals surface area contributed by atoms with Crippen molar-refractivity contribution in [2.45, 2.75) is 193 Å². The number of fused-ring (bicyclic) bond motifs is 11. The van der Waals surface area contributed by atoms with Gasteiger partial charge in [-0.15, -0.1) is 0 Å². The molecule has 6 aliphatic rings. The summed E-state index contributed by atoms with van der Waals surface area (Å²) in [5.41, 5.74) is 31.4. The van der Waals surface area contributed by atoms with E-state index in [1.54, 1.807) is 0 Å². The van der Waals surface area contributed by atoms with Crippen molar-refractivity contribution in [3.8, 4) is 22.3 Å². The van der Waals surface area contributed by atoms with Crippen LogP contribution in [0.5, 0.6) is 0 Å². The Labute approximate surface area is 527 Å². The van der Waals surface area contributed by atoms with Crippen molar-refractivity contribution in [3.05, 3.63) is 232 Å². The minimum Gasteiger partial charge on any atom is -0.330 e. The van der Waals surface area contributed by atoms with Crippen molar-refractivity contribution in [1.82, 2.24) is 0 Å². The van der Waals surface area contributed by atoms with Gasteiger partial charge in [-0.25, -0.2) is 0 Å². The summed E-state index contributed by atoms with van der Waals surface area (Å²) in [7, 11) is 0. The molecule has 3 aliphatic heterocycles. The lowest BCUT2D eigenvalue weighted by atomic mass is 9.33. The third-order valence-corrected chi connectivity index (χ3v) is 23.3. The molecule has 444 valence electrons. The van der Waals surface area contributed by atoms with E-state index in [-0.39, 0.29) is 44.6 Å². The second kappa shape index (κ2) is 19.0. The highest BCUT2D eigenvalue weighted by atomic mass is 15.3. The standard InChI is InChI=1S/C84H90BN3/c1-77(2,3)57-32-38-70(61(46-57)54-27-21-18-22-28-54)87-72-50-60(88-71-37-31-56(53-25-19-17-20-26-53)45-67(71)83(15)40-39-55-29-23-24-30-62(55)84(83,88)16)34-36-68(72)85-69-51-65-66(82(13,14)44-43-81(65,11)12)52-73(69)86(74-47-58(78(4,5)6)48-75(87)76(74)85)59-33-35-63-64(49-59)80(9,10)42-41-79(63,7)8/h17-38,45-52H,39-44H2,1-16H3. The van der Waals surface area contributed by atoms with Crippen LogP contribution >= 0.6 is 0 Å². The molecule has 3 nitrogen and oxygen atoms in total. The molecule has 0 bridgehead atoms. The lowest BCUT2D eigenvalue weighted by Crippen LogP contribution is -2.62. The molecule has 0 N–H and O–H groups in total. The summed E-state index contributed by atoms with van der Waals surface area (Å²) in [6.07, 6.45) is 6.75. The fraction of sp³-hybridized carbons (Fsp3) is 0.357. The van der Waals surface area contributed by atoms with Crippen molar-refractivity contribution in [1.29, 1.82) is 0 Å². The first-order chi connectivity index (χ1) is 41.6. The van der Waals surface area contributed by atoms with Crippen LogP contribution in [0.3, 0.4) is 0 Å². The zero-order valence-corrected chi connectivity index (χ0v) is 55.5. The molecule has 4 heteroatoms. The first-order valence-corrected chi connectivity index (χ1v) is 33.2. The fourth-order valence-electron chi connectivity index (χ4n) is 17.4. The zero-order chi connectivity index (χ0) is 61.6. The van der Waals surface area contributed by atoms with Gasteiger partial charge in [0, 0.05) is 50.8 Å². The number of benzene rings is 9. The summed E-state index contributed by atoms with van der Waals surface area (Å²) in [5, 5.41) is 0. The van der Waals surface area contributed by atoms with Gasteiger partial charge < -0.3 is 14.7 Å². The van der Waals surface area contributed by atoms with Gasteiger partial charge in [-0.2, -0.15) is 0 Å². The highest BCUT2D eigenvalue weighted by Crippen LogP contribution is 2.65. The highest BCUT2D eigenvalue weighted by Gasteiger charge is 2.60. The number of nitrogens with zero attached hydrogens (tertiary/aromatic N) is 3. The minimum atomic E-state index is -0.407. The predicted molar refractivity (Wildman–Crippen MR) is 377 cm³/mol. The smallest absolute Gasteiger partial charge is 0.252 e. The summed E-state index contributed by atoms with van der Waals surface area (Å²) < 4.78 is 0. The molecule has 0 aromatic heterocycles. The predicted octanol–water partition coefficient (Wildman–Crippen LogP) is 20.7. The van der Waals surface area contributed by atoms with E-state index in [9.17, 15) is 0 Å². The van der Waals surface area contributed by atoms with Crippen molar-refractivity contribution in [3.63, 3.8) is 0 Å². The number of anilines is 8. The van der Waals surface area contributed by atoms with Gasteiger partial charge in [0.2, 0.25) is 0 Å². The third kappa shape index (κ3) is 8.28. The molecule has 9 aromatic rings. The van der Waals surface area contributed by atoms with E-state index in [0.29, 0.717) is 0 Å². The molecule has 0 saturated heterocycles. The van der Waals surface area contributed by atoms with Crippen LogP contribution in [-0.4, -0.2) is 6.71 Å². The number of hydrogen-bond acceptors (Lipinski definition) is 3. The Kier molecular flexibility index (Phi) is 12.3. The molecule has 9 aromatic carbocycles. The van der Waals surface area contributed by atoms with Crippen LogP contribution in [0, 0.1) is 0 Å². The van der Waals surface area contributed by atoms with Crippen LogP contribution in [0.25, 0.3) is 22.3 Å². The molecule has 2 unspecified atom stereocenters. The van der Waals surface area contributed by atoms with Gasteiger partial charge in [0.25, 0.3) is 6.71 Å². The molecule has 0 saturated carbocycles. The summed E-state index contributed by atoms with van der Waals surface area (Å²) in [6, 6.07) is 72.5. The van der Waals surface area contributed by atoms with Gasteiger partial charge >= 0.3 is 0 Å². The van der Waals surface area contributed by atoms with Gasteiger partial charge in [-0.05, 0) is 228 Å². The summed E-state index contributed by atoms with van der Waals surface area (Å²) in [4.78, 5) is 8.29. The quantitative estimate of drug-likeness (QED) is 0.159. The van der Waals surface area contributed by atoms with Gasteiger partial charge in [0.05, 0.1) is 11.2 Å². The molecule has 88 heavy (non-hydrogen) atoms. The summed E-state index contributed by atoms with van der Waals surface area (Å²) in [6.45, 7) is 39.4. The lowest BCUT2D eigenvalue weighted by Gasteiger charge is -2.51. The number of hydrogen-bond donors (Lipinski definition) is 0. The molecule has 2 atom stereocenters. The van der Waals surface area contributed by atoms with E-state index >= 15 is 0 Å².